The van der Waals surface area contributed by atoms with Gasteiger partial charge in [0.1, 0.15) is 11.5 Å². The molecule has 3 N–H and O–H groups in total. The first kappa shape index (κ1) is 11.0. The van der Waals surface area contributed by atoms with Gasteiger partial charge in [0, 0.05) is 18.3 Å². The summed E-state index contributed by atoms with van der Waals surface area (Å²) in [6.07, 6.45) is 0.573. The number of aliphatic hydroxyl groups is 1. The van der Waals surface area contributed by atoms with Gasteiger partial charge in [-0.05, 0) is 61.7 Å². The van der Waals surface area contributed by atoms with Gasteiger partial charge in [0.15, 0.2) is 0 Å². The molecule has 0 fully saturated rings. The van der Waals surface area contributed by atoms with E-state index in [1.54, 1.807) is 6.92 Å². The van der Waals surface area contributed by atoms with Crippen LogP contribution in [0.5, 0.6) is 11.5 Å². The number of aromatic hydroxyl groups is 2. The van der Waals surface area contributed by atoms with Crippen LogP contribution in [-0.2, 0) is 6.42 Å². The van der Waals surface area contributed by atoms with Crippen LogP contribution in [0, 0.1) is 5.92 Å². The molecule has 0 radical (unpaired) electrons. The molecule has 3 heteroatoms. The Kier molecular flexibility index (Phi) is 3.84. The van der Waals surface area contributed by atoms with E-state index >= 15 is 0 Å². The molecule has 0 aromatic heterocycles. The largest absolute Gasteiger partial charge is 0.507 e. The summed E-state index contributed by atoms with van der Waals surface area (Å²) in [6, 6.07) is 2.95. The number of rotatable bonds is 7. The van der Waals surface area contributed by atoms with E-state index in [0.717, 1.165) is 0 Å². The molecule has 1 aliphatic carbocycles. The van der Waals surface area contributed by atoms with E-state index in [0.29, 0.717) is 30.4 Å². The topological polar surface area (TPSA) is 60.7 Å². The molecule has 0 aliphatic heterocycles. The van der Waals surface area contributed by atoms with Crippen molar-refractivity contribution in [2.75, 3.05) is 6.56 Å². The fourth-order valence-electron chi connectivity index (χ4n) is 3.16. The molecule has 0 spiro atoms. The van der Waals surface area contributed by atoms with E-state index in [2.05, 4.69) is 6.58 Å². The van der Waals surface area contributed by atoms with Crippen LogP contribution in [0.2, 0.25) is 0 Å². The van der Waals surface area contributed by atoms with Crippen molar-refractivity contribution >= 4 is 0 Å². The molecule has 2 atom stereocenters. The molecule has 0 bridgehead atoms. The van der Waals surface area contributed by atoms with Crippen LogP contribution in [0.15, 0.2) is 35.9 Å². The van der Waals surface area contributed by atoms with E-state index in [-0.39, 0.29) is 29.9 Å². The van der Waals surface area contributed by atoms with Crippen LogP contribution in [0.1, 0.15) is 72.5 Å². The molecule has 3 nitrogen and oxygen atoms in total. The predicted octanol–water partition coefficient (Wildman–Crippen LogP) is 4.82. The molecule has 1 aromatic rings. The number of benzene rings is 1. The summed E-state index contributed by atoms with van der Waals surface area (Å²) in [5.74, 6) is -1.75. The fraction of sp³-hybridized carbons (Fsp3) is 0.524. The van der Waals surface area contributed by atoms with Gasteiger partial charge in [-0.1, -0.05) is 37.9 Å². The van der Waals surface area contributed by atoms with Crippen molar-refractivity contribution in [2.45, 2.75) is 58.2 Å². The zero-order valence-corrected chi connectivity index (χ0v) is 14.0. The summed E-state index contributed by atoms with van der Waals surface area (Å²) in [7, 11) is 0. The van der Waals surface area contributed by atoms with Gasteiger partial charge in [-0.3, -0.25) is 0 Å². The molecular weight excluding hydrogens is 300 g/mol. The Morgan fingerprint density at radius 1 is 1.38 bits per heavy atom. The quantitative estimate of drug-likeness (QED) is 0.494. The predicted molar refractivity (Wildman–Crippen MR) is 98.4 cm³/mol. The summed E-state index contributed by atoms with van der Waals surface area (Å²) < 4.78 is 53.3. The lowest BCUT2D eigenvalue weighted by atomic mass is 9.73. The maximum Gasteiger partial charge on any atom is 0.123 e. The maximum atomic E-state index is 10.7. The normalized spacial score (nSPS) is 28.2. The molecule has 132 valence electrons. The highest BCUT2D eigenvalue weighted by Gasteiger charge is 2.30. The first-order valence-corrected chi connectivity index (χ1v) is 8.18. The minimum atomic E-state index is -2.89. The van der Waals surface area contributed by atoms with Gasteiger partial charge in [0.25, 0.3) is 0 Å². The molecule has 0 amide bonds. The van der Waals surface area contributed by atoms with Gasteiger partial charge >= 0.3 is 0 Å². The van der Waals surface area contributed by atoms with Gasteiger partial charge in [-0.15, -0.1) is 0 Å². The zero-order chi connectivity index (χ0) is 23.8. The monoisotopic (exact) mass is 337 g/mol. The second-order valence-electron chi connectivity index (χ2n) is 6.31. The first-order valence-electron chi connectivity index (χ1n) is 11.7. The summed E-state index contributed by atoms with van der Waals surface area (Å²) in [6.45, 7) is 0.714. The highest BCUT2D eigenvalue weighted by atomic mass is 16.3. The lowest BCUT2D eigenvalue weighted by Gasteiger charge is -2.31. The van der Waals surface area contributed by atoms with Gasteiger partial charge < -0.3 is 15.3 Å². The molecule has 24 heavy (non-hydrogen) atoms. The molecule has 1 aromatic carbocycles. The van der Waals surface area contributed by atoms with Crippen LogP contribution in [-0.4, -0.2) is 21.9 Å². The first-order chi connectivity index (χ1) is 14.0. The van der Waals surface area contributed by atoms with Gasteiger partial charge in [0.2, 0.25) is 0 Å². The van der Waals surface area contributed by atoms with Gasteiger partial charge in [-0.2, -0.15) is 0 Å². The molecule has 1 aliphatic rings. The molecule has 0 saturated heterocycles. The van der Waals surface area contributed by atoms with Crippen molar-refractivity contribution in [3.8, 4) is 11.5 Å². The Hall–Kier alpha value is -1.74. The Morgan fingerprint density at radius 2 is 2.08 bits per heavy atom. The standard InChI is InChI=1S/C21H30O3/c1-4-5-6-7-15-11-19(23)21(20(24)12-15)18-10-16(13-22)8-9-17(18)14(2)3/h10-12,17-18,22-24H,2,4-9,13H2,1,3H3/t17-,18+/m0/s1/i1D3,8D2,13D2. The maximum absolute atomic E-state index is 10.7. The third-order valence-corrected chi connectivity index (χ3v) is 4.47. The summed E-state index contributed by atoms with van der Waals surface area (Å²) in [5, 5.41) is 31.2. The molecule has 0 heterocycles. The Bertz CT molecular complexity index is 831. The number of phenols is 2. The molecule has 2 rings (SSSR count). The van der Waals surface area contributed by atoms with Crippen LogP contribution >= 0.6 is 0 Å². The number of phenolic OH excluding ortho intramolecular Hbond substituents is 2. The number of hydrogen-bond donors (Lipinski definition) is 3. The molecule has 0 saturated carbocycles. The van der Waals surface area contributed by atoms with Crippen LogP contribution in [0.25, 0.3) is 0 Å². The smallest absolute Gasteiger partial charge is 0.123 e. The number of allylic oxidation sites excluding steroid dienone is 2. The minimum absolute atomic E-state index is 0.0874. The average Bonchev–Trinajstić information content (AvgIpc) is 2.56. The SMILES string of the molecule is [2H]C([2H])([2H])CCCCc1cc(O)c([C@@H]2C=C(C([2H])([2H])O)C([2H])([2H])C[C@H]2C(=C)C)c(O)c1. The zero-order valence-electron chi connectivity index (χ0n) is 21.0. The number of aryl methyl sites for hydroxylation is 1. The minimum Gasteiger partial charge on any atom is -0.507 e. The van der Waals surface area contributed by atoms with E-state index in [4.69, 9.17) is 9.60 Å². The van der Waals surface area contributed by atoms with E-state index in [1.165, 1.54) is 18.2 Å². The van der Waals surface area contributed by atoms with Crippen molar-refractivity contribution in [1.29, 1.82) is 0 Å². The van der Waals surface area contributed by atoms with Crippen molar-refractivity contribution in [1.82, 2.24) is 0 Å². The van der Waals surface area contributed by atoms with E-state index < -0.39 is 37.2 Å². The third kappa shape index (κ3) is 4.21. The summed E-state index contributed by atoms with van der Waals surface area (Å²) in [4.78, 5) is 0. The van der Waals surface area contributed by atoms with E-state index in [9.17, 15) is 15.3 Å². The molecule has 0 unspecified atom stereocenters. The van der Waals surface area contributed by atoms with Crippen LogP contribution in [0.4, 0.5) is 0 Å². The van der Waals surface area contributed by atoms with Crippen LogP contribution < -0.4 is 0 Å². The van der Waals surface area contributed by atoms with Crippen molar-refractivity contribution in [2.24, 2.45) is 5.92 Å². The Labute approximate surface area is 155 Å². The third-order valence-electron chi connectivity index (χ3n) is 4.47. The second-order valence-corrected chi connectivity index (χ2v) is 6.31. The number of hydrogen-bond acceptors (Lipinski definition) is 3. The number of unbranched alkanes of at least 4 members (excludes halogenated alkanes) is 1. The van der Waals surface area contributed by atoms with Crippen molar-refractivity contribution in [3.63, 3.8) is 0 Å². The summed E-state index contributed by atoms with van der Waals surface area (Å²) in [5.41, 5.74) is 0.908. The molecular formula is C21H30O3. The highest BCUT2D eigenvalue weighted by Crippen LogP contribution is 2.46. The lowest BCUT2D eigenvalue weighted by molar-refractivity contribution is 0.314. The van der Waals surface area contributed by atoms with E-state index in [1.807, 2.05) is 0 Å². The lowest BCUT2D eigenvalue weighted by Crippen LogP contribution is -2.18. The van der Waals surface area contributed by atoms with Crippen molar-refractivity contribution in [3.05, 3.63) is 47.1 Å². The van der Waals surface area contributed by atoms with Gasteiger partial charge in [0.05, 0.1) is 9.30 Å². The second kappa shape index (κ2) is 8.39. The fourth-order valence-corrected chi connectivity index (χ4v) is 3.16. The van der Waals surface area contributed by atoms with Gasteiger partial charge in [-0.25, -0.2) is 0 Å². The van der Waals surface area contributed by atoms with Crippen LogP contribution in [0.3, 0.4) is 0 Å². The van der Waals surface area contributed by atoms with Crippen molar-refractivity contribution < 1.29 is 24.9 Å². The summed E-state index contributed by atoms with van der Waals surface area (Å²) >= 11 is 0. The highest BCUT2D eigenvalue weighted by molar-refractivity contribution is 5.52. The Morgan fingerprint density at radius 3 is 2.67 bits per heavy atom. The average molecular weight is 338 g/mol. The Balaban J connectivity index is 2.39.